The van der Waals surface area contributed by atoms with Gasteiger partial charge >= 0.3 is 5.97 Å². The van der Waals surface area contributed by atoms with E-state index in [1.165, 1.54) is 6.07 Å². The summed E-state index contributed by atoms with van der Waals surface area (Å²) >= 11 is 5.77. The van der Waals surface area contributed by atoms with Crippen molar-refractivity contribution in [2.75, 3.05) is 0 Å². The molecule has 0 saturated carbocycles. The Morgan fingerprint density at radius 1 is 1.37 bits per heavy atom. The second-order valence-electron chi connectivity index (χ2n) is 4.17. The molecule has 0 aliphatic carbocycles. The standard InChI is InChI=1S/C13H15ClFNO3/c1-3-13(4-2,12(18)19)16-11(17)9-6-5-8(15)7-10(9)14/h5-7H,3-4H2,1-2H3,(H,16,17)(H,18,19). The maximum absolute atomic E-state index is 12.9. The topological polar surface area (TPSA) is 66.4 Å². The Balaban J connectivity index is 3.04. The number of hydrogen-bond donors (Lipinski definition) is 2. The van der Waals surface area contributed by atoms with Crippen LogP contribution in [0.3, 0.4) is 0 Å². The van der Waals surface area contributed by atoms with Gasteiger partial charge in [-0.2, -0.15) is 0 Å². The summed E-state index contributed by atoms with van der Waals surface area (Å²) in [6.45, 7) is 3.34. The molecule has 1 rings (SSSR count). The number of nitrogens with one attached hydrogen (secondary N) is 1. The zero-order chi connectivity index (χ0) is 14.6. The van der Waals surface area contributed by atoms with E-state index in [0.717, 1.165) is 12.1 Å². The largest absolute Gasteiger partial charge is 0.480 e. The lowest BCUT2D eigenvalue weighted by molar-refractivity contribution is -0.144. The molecule has 6 heteroatoms. The minimum Gasteiger partial charge on any atom is -0.480 e. The van der Waals surface area contributed by atoms with Gasteiger partial charge in [-0.1, -0.05) is 25.4 Å². The predicted octanol–water partition coefficient (Wildman–Crippen LogP) is 2.85. The van der Waals surface area contributed by atoms with Crippen LogP contribution >= 0.6 is 11.6 Å². The number of aliphatic carboxylic acids is 1. The lowest BCUT2D eigenvalue weighted by atomic mass is 9.92. The highest BCUT2D eigenvalue weighted by atomic mass is 35.5. The molecule has 0 bridgehead atoms. The van der Waals surface area contributed by atoms with E-state index in [2.05, 4.69) is 5.32 Å². The number of carbonyl (C=O) groups excluding carboxylic acids is 1. The van der Waals surface area contributed by atoms with E-state index in [1.807, 2.05) is 0 Å². The Bertz CT molecular complexity index is 501. The van der Waals surface area contributed by atoms with E-state index in [9.17, 15) is 19.1 Å². The van der Waals surface area contributed by atoms with E-state index in [0.29, 0.717) is 0 Å². The first kappa shape index (κ1) is 15.4. The molecule has 0 aromatic heterocycles. The lowest BCUT2D eigenvalue weighted by Gasteiger charge is -2.28. The molecule has 0 unspecified atom stereocenters. The van der Waals surface area contributed by atoms with Gasteiger partial charge in [-0.05, 0) is 31.0 Å². The summed E-state index contributed by atoms with van der Waals surface area (Å²) in [5.74, 6) is -2.29. The number of rotatable bonds is 5. The molecular weight excluding hydrogens is 273 g/mol. The summed E-state index contributed by atoms with van der Waals surface area (Å²) in [6, 6.07) is 3.34. The monoisotopic (exact) mass is 287 g/mol. The van der Waals surface area contributed by atoms with Gasteiger partial charge in [0.25, 0.3) is 5.91 Å². The summed E-state index contributed by atoms with van der Waals surface area (Å²) in [6.07, 6.45) is 0.479. The molecule has 0 fully saturated rings. The van der Waals surface area contributed by atoms with Crippen molar-refractivity contribution in [1.29, 1.82) is 0 Å². The van der Waals surface area contributed by atoms with Crippen molar-refractivity contribution in [3.05, 3.63) is 34.6 Å². The molecule has 0 saturated heterocycles. The Labute approximate surface area is 115 Å². The van der Waals surface area contributed by atoms with E-state index < -0.39 is 23.2 Å². The molecule has 1 amide bonds. The summed E-state index contributed by atoms with van der Waals surface area (Å²) in [5, 5.41) is 11.6. The zero-order valence-corrected chi connectivity index (χ0v) is 11.4. The van der Waals surface area contributed by atoms with Crippen LogP contribution in [-0.2, 0) is 4.79 Å². The van der Waals surface area contributed by atoms with E-state index in [1.54, 1.807) is 13.8 Å². The Morgan fingerprint density at radius 3 is 2.37 bits per heavy atom. The second kappa shape index (κ2) is 6.02. The molecular formula is C13H15ClFNO3. The van der Waals surface area contributed by atoms with E-state index in [4.69, 9.17) is 11.6 Å². The van der Waals surface area contributed by atoms with Crippen molar-refractivity contribution in [1.82, 2.24) is 5.32 Å². The maximum Gasteiger partial charge on any atom is 0.329 e. The van der Waals surface area contributed by atoms with Crippen molar-refractivity contribution in [2.24, 2.45) is 0 Å². The number of benzene rings is 1. The van der Waals surface area contributed by atoms with E-state index >= 15 is 0 Å². The fourth-order valence-electron chi connectivity index (χ4n) is 1.74. The molecule has 0 radical (unpaired) electrons. The third-order valence-electron chi connectivity index (χ3n) is 3.15. The Morgan fingerprint density at radius 2 is 1.95 bits per heavy atom. The molecule has 2 N–H and O–H groups in total. The molecule has 104 valence electrons. The molecule has 0 spiro atoms. The molecule has 0 aliphatic heterocycles. The minimum absolute atomic E-state index is 0.0515. The average Bonchev–Trinajstić information content (AvgIpc) is 2.35. The highest BCUT2D eigenvalue weighted by Gasteiger charge is 2.36. The minimum atomic E-state index is -1.34. The first-order valence-corrected chi connectivity index (χ1v) is 6.25. The first-order valence-electron chi connectivity index (χ1n) is 5.87. The predicted molar refractivity (Wildman–Crippen MR) is 69.8 cm³/mol. The molecule has 0 aliphatic rings. The van der Waals surface area contributed by atoms with Crippen molar-refractivity contribution in [3.63, 3.8) is 0 Å². The second-order valence-corrected chi connectivity index (χ2v) is 4.58. The fourth-order valence-corrected chi connectivity index (χ4v) is 1.99. The van der Waals surface area contributed by atoms with Crippen LogP contribution in [0.1, 0.15) is 37.0 Å². The van der Waals surface area contributed by atoms with Gasteiger partial charge in [-0.3, -0.25) is 4.79 Å². The van der Waals surface area contributed by atoms with Gasteiger partial charge < -0.3 is 10.4 Å². The zero-order valence-electron chi connectivity index (χ0n) is 10.7. The quantitative estimate of drug-likeness (QED) is 0.875. The van der Waals surface area contributed by atoms with Crippen molar-refractivity contribution >= 4 is 23.5 Å². The van der Waals surface area contributed by atoms with Gasteiger partial charge in [0.15, 0.2) is 0 Å². The normalized spacial score (nSPS) is 11.2. The lowest BCUT2D eigenvalue weighted by Crippen LogP contribution is -2.53. The summed E-state index contributed by atoms with van der Waals surface area (Å²) in [7, 11) is 0. The number of amides is 1. The van der Waals surface area contributed by atoms with Crippen molar-refractivity contribution in [3.8, 4) is 0 Å². The molecule has 4 nitrogen and oxygen atoms in total. The third kappa shape index (κ3) is 3.23. The van der Waals surface area contributed by atoms with Gasteiger partial charge in [0, 0.05) is 0 Å². The van der Waals surface area contributed by atoms with E-state index in [-0.39, 0.29) is 23.4 Å². The highest BCUT2D eigenvalue weighted by Crippen LogP contribution is 2.20. The van der Waals surface area contributed by atoms with Crippen LogP contribution in [0.15, 0.2) is 18.2 Å². The number of carboxylic acids is 1. The van der Waals surface area contributed by atoms with Crippen LogP contribution in [0.5, 0.6) is 0 Å². The fraction of sp³-hybridized carbons (Fsp3) is 0.385. The van der Waals surface area contributed by atoms with Crippen LogP contribution in [0, 0.1) is 5.82 Å². The number of halogens is 2. The molecule has 0 atom stereocenters. The molecule has 1 aromatic rings. The van der Waals surface area contributed by atoms with Crippen LogP contribution < -0.4 is 5.32 Å². The van der Waals surface area contributed by atoms with Crippen LogP contribution in [0.2, 0.25) is 5.02 Å². The third-order valence-corrected chi connectivity index (χ3v) is 3.46. The van der Waals surface area contributed by atoms with Crippen molar-refractivity contribution < 1.29 is 19.1 Å². The van der Waals surface area contributed by atoms with Gasteiger partial charge in [0.2, 0.25) is 0 Å². The number of carboxylic acid groups (broad SMARTS) is 1. The van der Waals surface area contributed by atoms with Gasteiger partial charge in [0.05, 0.1) is 10.6 Å². The molecule has 1 aromatic carbocycles. The number of carbonyl (C=O) groups is 2. The van der Waals surface area contributed by atoms with Gasteiger partial charge in [0.1, 0.15) is 11.4 Å². The summed E-state index contributed by atoms with van der Waals surface area (Å²) in [4.78, 5) is 23.3. The smallest absolute Gasteiger partial charge is 0.329 e. The molecule has 0 heterocycles. The van der Waals surface area contributed by atoms with Gasteiger partial charge in [-0.15, -0.1) is 0 Å². The molecule has 19 heavy (non-hydrogen) atoms. The SMILES string of the molecule is CCC(CC)(NC(=O)c1ccc(F)cc1Cl)C(=O)O. The van der Waals surface area contributed by atoms with Crippen molar-refractivity contribution in [2.45, 2.75) is 32.2 Å². The average molecular weight is 288 g/mol. The van der Waals surface area contributed by atoms with Gasteiger partial charge in [-0.25, -0.2) is 9.18 Å². The maximum atomic E-state index is 12.9. The number of hydrogen-bond acceptors (Lipinski definition) is 2. The summed E-state index contributed by atoms with van der Waals surface area (Å²) < 4.78 is 12.9. The van der Waals surface area contributed by atoms with Crippen LogP contribution in [0.25, 0.3) is 0 Å². The Hall–Kier alpha value is -1.62. The Kier molecular flexibility index (Phi) is 4.89. The van der Waals surface area contributed by atoms with Crippen LogP contribution in [0.4, 0.5) is 4.39 Å². The first-order chi connectivity index (χ1) is 8.86. The summed E-state index contributed by atoms with van der Waals surface area (Å²) in [5.41, 5.74) is -1.29. The van der Waals surface area contributed by atoms with Crippen LogP contribution in [-0.4, -0.2) is 22.5 Å². The highest BCUT2D eigenvalue weighted by molar-refractivity contribution is 6.33.